The van der Waals surface area contributed by atoms with E-state index in [9.17, 15) is 4.79 Å². The minimum Gasteiger partial charge on any atom is -0.489 e. The highest BCUT2D eigenvalue weighted by molar-refractivity contribution is 7.08. The maximum absolute atomic E-state index is 11.9. The number of amides is 1. The molecular formula is C15H14ClNO3S. The Morgan fingerprint density at radius 3 is 3.00 bits per heavy atom. The van der Waals surface area contributed by atoms with Gasteiger partial charge < -0.3 is 14.8 Å². The molecule has 0 saturated carbocycles. The van der Waals surface area contributed by atoms with Crippen molar-refractivity contribution in [3.05, 3.63) is 45.6 Å². The van der Waals surface area contributed by atoms with Gasteiger partial charge in [-0.25, -0.2) is 0 Å². The molecule has 1 amide bonds. The summed E-state index contributed by atoms with van der Waals surface area (Å²) in [5.74, 6) is 0.535. The molecule has 0 spiro atoms. The van der Waals surface area contributed by atoms with Crippen LogP contribution in [-0.2, 0) is 16.0 Å². The summed E-state index contributed by atoms with van der Waals surface area (Å²) in [6.07, 6.45) is 0.546. The van der Waals surface area contributed by atoms with Gasteiger partial charge in [-0.2, -0.15) is 11.3 Å². The van der Waals surface area contributed by atoms with E-state index in [0.717, 1.165) is 12.2 Å². The van der Waals surface area contributed by atoms with Gasteiger partial charge in [0, 0.05) is 5.69 Å². The Morgan fingerprint density at radius 2 is 2.33 bits per heavy atom. The topological polar surface area (TPSA) is 50.9 Å². The maximum Gasteiger partial charge on any atom is 0.228 e. The SMILES string of the molecule is O=C(Cc1ccsc1)Nc1ccc(OCC2CO2)c(Cl)c1. The number of ether oxygens (including phenoxy) is 2. The van der Waals surface area contributed by atoms with Crippen LogP contribution >= 0.6 is 22.9 Å². The van der Waals surface area contributed by atoms with Crippen molar-refractivity contribution in [1.29, 1.82) is 0 Å². The van der Waals surface area contributed by atoms with Crippen LogP contribution in [0, 0.1) is 0 Å². The number of carbonyl (C=O) groups excluding carboxylic acids is 1. The van der Waals surface area contributed by atoms with Crippen LogP contribution in [0.25, 0.3) is 0 Å². The van der Waals surface area contributed by atoms with Gasteiger partial charge in [-0.05, 0) is 40.6 Å². The molecule has 1 saturated heterocycles. The van der Waals surface area contributed by atoms with Crippen molar-refractivity contribution in [2.75, 3.05) is 18.5 Å². The molecule has 3 rings (SSSR count). The fourth-order valence-corrected chi connectivity index (χ4v) is 2.73. The summed E-state index contributed by atoms with van der Waals surface area (Å²) >= 11 is 7.72. The Labute approximate surface area is 131 Å². The number of nitrogens with one attached hydrogen (secondary N) is 1. The molecule has 1 atom stereocenters. The molecule has 6 heteroatoms. The van der Waals surface area contributed by atoms with Crippen LogP contribution in [0.15, 0.2) is 35.0 Å². The lowest BCUT2D eigenvalue weighted by molar-refractivity contribution is -0.115. The molecule has 1 unspecified atom stereocenters. The molecule has 21 heavy (non-hydrogen) atoms. The fraction of sp³-hybridized carbons (Fsp3) is 0.267. The molecule has 0 radical (unpaired) electrons. The van der Waals surface area contributed by atoms with E-state index in [1.165, 1.54) is 0 Å². The van der Waals surface area contributed by atoms with E-state index < -0.39 is 0 Å². The summed E-state index contributed by atoms with van der Waals surface area (Å²) in [5, 5.41) is 7.22. The van der Waals surface area contributed by atoms with Crippen molar-refractivity contribution in [2.45, 2.75) is 12.5 Å². The summed E-state index contributed by atoms with van der Waals surface area (Å²) in [7, 11) is 0. The second kappa shape index (κ2) is 6.47. The summed E-state index contributed by atoms with van der Waals surface area (Å²) in [6, 6.07) is 7.16. The van der Waals surface area contributed by atoms with E-state index in [-0.39, 0.29) is 12.0 Å². The van der Waals surface area contributed by atoms with Crippen molar-refractivity contribution in [1.82, 2.24) is 0 Å². The van der Waals surface area contributed by atoms with E-state index in [4.69, 9.17) is 21.1 Å². The van der Waals surface area contributed by atoms with Crippen LogP contribution in [0.2, 0.25) is 5.02 Å². The standard InChI is InChI=1S/C15H14ClNO3S/c16-13-6-11(1-2-14(13)20-8-12-7-19-12)17-15(18)5-10-3-4-21-9-10/h1-4,6,9,12H,5,7-8H2,(H,17,18). The Bertz CT molecular complexity index is 626. The number of carbonyl (C=O) groups is 1. The predicted octanol–water partition coefficient (Wildman–Crippen LogP) is 3.36. The number of halogens is 1. The van der Waals surface area contributed by atoms with E-state index in [2.05, 4.69) is 5.32 Å². The third-order valence-electron chi connectivity index (χ3n) is 2.99. The highest BCUT2D eigenvalue weighted by Gasteiger charge is 2.23. The Hall–Kier alpha value is -1.56. The van der Waals surface area contributed by atoms with Gasteiger partial charge in [-0.15, -0.1) is 0 Å². The second-order valence-electron chi connectivity index (χ2n) is 4.77. The first-order valence-corrected chi connectivity index (χ1v) is 7.87. The molecule has 1 aromatic carbocycles. The Morgan fingerprint density at radius 1 is 1.48 bits per heavy atom. The maximum atomic E-state index is 11.9. The van der Waals surface area contributed by atoms with Crippen molar-refractivity contribution in [2.24, 2.45) is 0 Å². The predicted molar refractivity (Wildman–Crippen MR) is 83.3 cm³/mol. The smallest absolute Gasteiger partial charge is 0.228 e. The number of epoxide rings is 1. The Kier molecular flexibility index (Phi) is 4.43. The highest BCUT2D eigenvalue weighted by atomic mass is 35.5. The number of anilines is 1. The van der Waals surface area contributed by atoms with Crippen LogP contribution in [0.1, 0.15) is 5.56 Å². The molecule has 4 nitrogen and oxygen atoms in total. The minimum absolute atomic E-state index is 0.0653. The van der Waals surface area contributed by atoms with Crippen molar-refractivity contribution >= 4 is 34.5 Å². The summed E-state index contributed by atoms with van der Waals surface area (Å²) in [4.78, 5) is 11.9. The van der Waals surface area contributed by atoms with Crippen LogP contribution in [-0.4, -0.2) is 25.2 Å². The molecule has 1 fully saturated rings. The summed E-state index contributed by atoms with van der Waals surface area (Å²) < 4.78 is 10.6. The van der Waals surface area contributed by atoms with Gasteiger partial charge in [0.15, 0.2) is 0 Å². The van der Waals surface area contributed by atoms with Gasteiger partial charge in [-0.3, -0.25) is 4.79 Å². The van der Waals surface area contributed by atoms with Gasteiger partial charge in [-0.1, -0.05) is 11.6 Å². The van der Waals surface area contributed by atoms with Crippen molar-refractivity contribution in [3.63, 3.8) is 0 Å². The van der Waals surface area contributed by atoms with E-state index >= 15 is 0 Å². The summed E-state index contributed by atoms with van der Waals surface area (Å²) in [6.45, 7) is 1.25. The number of hydrogen-bond donors (Lipinski definition) is 1. The lowest BCUT2D eigenvalue weighted by atomic mass is 10.2. The van der Waals surface area contributed by atoms with Gasteiger partial charge in [0.1, 0.15) is 18.5 Å². The van der Waals surface area contributed by atoms with Gasteiger partial charge >= 0.3 is 0 Å². The van der Waals surface area contributed by atoms with Crippen molar-refractivity contribution in [3.8, 4) is 5.75 Å². The highest BCUT2D eigenvalue weighted by Crippen LogP contribution is 2.28. The molecule has 0 aliphatic carbocycles. The molecule has 1 aliphatic heterocycles. The van der Waals surface area contributed by atoms with Crippen LogP contribution in [0.3, 0.4) is 0 Å². The largest absolute Gasteiger partial charge is 0.489 e. The molecule has 110 valence electrons. The third kappa shape index (κ3) is 4.20. The van der Waals surface area contributed by atoms with E-state index in [1.54, 1.807) is 29.5 Å². The lowest BCUT2D eigenvalue weighted by Gasteiger charge is -2.09. The number of rotatable bonds is 6. The van der Waals surface area contributed by atoms with Crippen LogP contribution in [0.5, 0.6) is 5.75 Å². The molecule has 1 N–H and O–H groups in total. The zero-order chi connectivity index (χ0) is 14.7. The minimum atomic E-state index is -0.0653. The third-order valence-corrected chi connectivity index (χ3v) is 4.01. The first-order chi connectivity index (χ1) is 10.2. The van der Waals surface area contributed by atoms with Crippen LogP contribution in [0.4, 0.5) is 5.69 Å². The first-order valence-electron chi connectivity index (χ1n) is 6.55. The average Bonchev–Trinajstić information content (AvgIpc) is 3.14. The second-order valence-corrected chi connectivity index (χ2v) is 5.96. The van der Waals surface area contributed by atoms with E-state index in [1.807, 2.05) is 16.8 Å². The zero-order valence-corrected chi connectivity index (χ0v) is 12.7. The molecular weight excluding hydrogens is 310 g/mol. The monoisotopic (exact) mass is 323 g/mol. The van der Waals surface area contributed by atoms with Gasteiger partial charge in [0.25, 0.3) is 0 Å². The lowest BCUT2D eigenvalue weighted by Crippen LogP contribution is -2.14. The quantitative estimate of drug-likeness (QED) is 0.829. The summed E-state index contributed by atoms with van der Waals surface area (Å²) in [5.41, 5.74) is 1.67. The van der Waals surface area contributed by atoms with Crippen LogP contribution < -0.4 is 10.1 Å². The first kappa shape index (κ1) is 14.4. The molecule has 1 aliphatic rings. The van der Waals surface area contributed by atoms with Gasteiger partial charge in [0.2, 0.25) is 5.91 Å². The zero-order valence-electron chi connectivity index (χ0n) is 11.2. The molecule has 0 bridgehead atoms. The number of thiophene rings is 1. The van der Waals surface area contributed by atoms with Gasteiger partial charge in [0.05, 0.1) is 18.1 Å². The Balaban J connectivity index is 1.57. The van der Waals surface area contributed by atoms with Crippen molar-refractivity contribution < 1.29 is 14.3 Å². The molecule has 1 aromatic heterocycles. The average molecular weight is 324 g/mol. The molecule has 2 aromatic rings. The number of benzene rings is 1. The molecule has 2 heterocycles. The van der Waals surface area contributed by atoms with E-state index in [0.29, 0.717) is 29.5 Å². The number of hydrogen-bond acceptors (Lipinski definition) is 4. The normalized spacial score (nSPS) is 16.5. The fourth-order valence-electron chi connectivity index (χ4n) is 1.83.